The van der Waals surface area contributed by atoms with Crippen LogP contribution in [0, 0.1) is 13.8 Å². The lowest BCUT2D eigenvalue weighted by molar-refractivity contribution is 1.33. The highest BCUT2D eigenvalue weighted by Crippen LogP contribution is 2.22. The Balaban J connectivity index is 0.00000106. The lowest BCUT2D eigenvalue weighted by Gasteiger charge is -2.09. The van der Waals surface area contributed by atoms with Gasteiger partial charge in [-0.05, 0) is 55.8 Å². The molecule has 0 fully saturated rings. The van der Waals surface area contributed by atoms with Crippen LogP contribution in [0.2, 0.25) is 0 Å². The maximum Gasteiger partial charge on any atom is 0.0455 e. The van der Waals surface area contributed by atoms with Gasteiger partial charge in [-0.2, -0.15) is 0 Å². The maximum atomic E-state index is 3.67. The molecule has 1 aromatic rings. The Morgan fingerprint density at radius 3 is 2.19 bits per heavy atom. The van der Waals surface area contributed by atoms with Crippen LogP contribution >= 0.6 is 0 Å². The molecule has 88 valence electrons. The summed E-state index contributed by atoms with van der Waals surface area (Å²) in [5.74, 6) is 0. The van der Waals surface area contributed by atoms with Crippen LogP contribution in [0.15, 0.2) is 31.0 Å². The Kier molecular flexibility index (Phi) is 7.02. The number of allylic oxidation sites excluding steroid dienone is 1. The van der Waals surface area contributed by atoms with Crippen molar-refractivity contribution in [3.8, 4) is 0 Å². The van der Waals surface area contributed by atoms with Crippen molar-refractivity contribution in [2.75, 3.05) is 5.32 Å². The number of anilines is 1. The van der Waals surface area contributed by atoms with Crippen LogP contribution in [-0.2, 0) is 0 Å². The summed E-state index contributed by atoms with van der Waals surface area (Å²) in [6, 6.07) is 4.33. The van der Waals surface area contributed by atoms with E-state index in [-0.39, 0.29) is 0 Å². The lowest BCUT2D eigenvalue weighted by atomic mass is 10.0. The van der Waals surface area contributed by atoms with Crippen LogP contribution in [0.3, 0.4) is 0 Å². The summed E-state index contributed by atoms with van der Waals surface area (Å²) in [6.45, 7) is 13.9. The predicted molar refractivity (Wildman–Crippen MR) is 75.8 cm³/mol. The van der Waals surface area contributed by atoms with Gasteiger partial charge in [0.15, 0.2) is 0 Å². The van der Waals surface area contributed by atoms with Gasteiger partial charge in [0.25, 0.3) is 0 Å². The zero-order valence-corrected chi connectivity index (χ0v) is 11.1. The van der Waals surface area contributed by atoms with Crippen LogP contribution in [0.4, 0.5) is 5.69 Å². The third kappa shape index (κ3) is 3.93. The Morgan fingerprint density at radius 1 is 1.12 bits per heavy atom. The van der Waals surface area contributed by atoms with Gasteiger partial charge in [0, 0.05) is 5.69 Å². The molecule has 0 bridgehead atoms. The van der Waals surface area contributed by atoms with Crippen molar-refractivity contribution in [1.82, 2.24) is 0 Å². The van der Waals surface area contributed by atoms with E-state index in [1.54, 1.807) is 6.20 Å². The highest BCUT2D eigenvalue weighted by Gasteiger charge is 2.00. The number of aryl methyl sites for hydroxylation is 2. The smallest absolute Gasteiger partial charge is 0.0455 e. The summed E-state index contributed by atoms with van der Waals surface area (Å²) in [4.78, 5) is 0. The van der Waals surface area contributed by atoms with Crippen LogP contribution < -0.4 is 5.32 Å². The van der Waals surface area contributed by atoms with Crippen LogP contribution in [0.1, 0.15) is 37.5 Å². The molecule has 0 saturated carbocycles. The van der Waals surface area contributed by atoms with Crippen molar-refractivity contribution in [2.24, 2.45) is 0 Å². The second-order valence-corrected chi connectivity index (χ2v) is 3.37. The van der Waals surface area contributed by atoms with Crippen LogP contribution in [-0.4, -0.2) is 0 Å². The predicted octanol–water partition coefficient (Wildman–Crippen LogP) is 4.92. The van der Waals surface area contributed by atoms with E-state index < -0.39 is 0 Å². The fourth-order valence-corrected chi connectivity index (χ4v) is 1.39. The third-order valence-electron chi connectivity index (χ3n) is 2.27. The Labute approximate surface area is 99.9 Å². The number of nitrogens with one attached hydrogen (secondary N) is 1. The fraction of sp³-hybridized carbons (Fsp3) is 0.333. The molecule has 1 aromatic carbocycles. The zero-order valence-electron chi connectivity index (χ0n) is 11.1. The molecule has 0 spiro atoms. The van der Waals surface area contributed by atoms with Crippen molar-refractivity contribution in [3.05, 3.63) is 47.7 Å². The number of hydrogen-bond donors (Lipinski definition) is 1. The normalized spacial score (nSPS) is 9.56. The molecule has 0 atom stereocenters. The first-order chi connectivity index (χ1) is 7.69. The molecule has 0 amide bonds. The van der Waals surface area contributed by atoms with E-state index in [1.165, 1.54) is 16.7 Å². The van der Waals surface area contributed by atoms with E-state index in [0.29, 0.717) is 0 Å². The minimum atomic E-state index is 1.11. The molecule has 0 aliphatic heterocycles. The monoisotopic (exact) mass is 217 g/mol. The molecule has 1 heteroatoms. The van der Waals surface area contributed by atoms with Crippen LogP contribution in [0.5, 0.6) is 0 Å². The lowest BCUT2D eigenvalue weighted by Crippen LogP contribution is -1.93. The highest BCUT2D eigenvalue weighted by molar-refractivity contribution is 5.69. The van der Waals surface area contributed by atoms with Crippen molar-refractivity contribution in [1.29, 1.82) is 0 Å². The molecule has 0 aliphatic carbocycles. The Morgan fingerprint density at radius 2 is 1.69 bits per heavy atom. The molecule has 1 rings (SSSR count). The summed E-state index contributed by atoms with van der Waals surface area (Å²) >= 11 is 0. The van der Waals surface area contributed by atoms with Gasteiger partial charge in [-0.25, -0.2) is 0 Å². The van der Waals surface area contributed by atoms with Gasteiger partial charge in [-0.15, -0.1) is 0 Å². The molecule has 16 heavy (non-hydrogen) atoms. The average Bonchev–Trinajstić information content (AvgIpc) is 2.29. The summed E-state index contributed by atoms with van der Waals surface area (Å²) in [5.41, 5.74) is 4.92. The van der Waals surface area contributed by atoms with Gasteiger partial charge in [0.2, 0.25) is 0 Å². The third-order valence-corrected chi connectivity index (χ3v) is 2.27. The van der Waals surface area contributed by atoms with Crippen molar-refractivity contribution >= 4 is 11.8 Å². The van der Waals surface area contributed by atoms with Gasteiger partial charge in [-0.3, -0.25) is 0 Å². The number of rotatable bonds is 3. The van der Waals surface area contributed by atoms with Crippen LogP contribution in [0.25, 0.3) is 6.08 Å². The zero-order chi connectivity index (χ0) is 12.6. The van der Waals surface area contributed by atoms with Gasteiger partial charge < -0.3 is 5.32 Å². The second-order valence-electron chi connectivity index (χ2n) is 3.37. The van der Waals surface area contributed by atoms with Crippen molar-refractivity contribution in [3.63, 3.8) is 0 Å². The van der Waals surface area contributed by atoms with Gasteiger partial charge in [-0.1, -0.05) is 32.6 Å². The first-order valence-electron chi connectivity index (χ1n) is 5.80. The molecule has 0 aliphatic rings. The molecule has 0 aromatic heterocycles. The topological polar surface area (TPSA) is 12.0 Å². The maximum absolute atomic E-state index is 3.67. The summed E-state index contributed by atoms with van der Waals surface area (Å²) in [7, 11) is 0. The quantitative estimate of drug-likeness (QED) is 0.758. The van der Waals surface area contributed by atoms with Gasteiger partial charge in [0.05, 0.1) is 0 Å². The van der Waals surface area contributed by atoms with E-state index >= 15 is 0 Å². The van der Waals surface area contributed by atoms with E-state index in [0.717, 1.165) is 5.69 Å². The molecule has 0 heterocycles. The second kappa shape index (κ2) is 7.75. The molecule has 1 N–H and O–H groups in total. The molecule has 0 saturated heterocycles. The number of hydrogen-bond acceptors (Lipinski definition) is 1. The molecule has 1 nitrogen and oxygen atoms in total. The highest BCUT2D eigenvalue weighted by atomic mass is 14.8. The molecule has 0 radical (unpaired) electrons. The van der Waals surface area contributed by atoms with Gasteiger partial charge in [0.1, 0.15) is 0 Å². The minimum Gasteiger partial charge on any atom is -0.362 e. The SMILES string of the molecule is C=CNc1cc(C)c(C)cc1/C=C/C.CC. The summed E-state index contributed by atoms with van der Waals surface area (Å²) in [6.07, 6.45) is 5.84. The number of benzene rings is 1. The van der Waals surface area contributed by atoms with E-state index in [2.05, 4.69) is 44.0 Å². The fourth-order valence-electron chi connectivity index (χ4n) is 1.39. The first kappa shape index (κ1) is 14.5. The van der Waals surface area contributed by atoms with Crippen molar-refractivity contribution in [2.45, 2.75) is 34.6 Å². The van der Waals surface area contributed by atoms with Crippen molar-refractivity contribution < 1.29 is 0 Å². The Bertz CT molecular complexity index is 362. The standard InChI is InChI=1S/C13H17N.C2H6/c1-5-7-12-8-10(3)11(4)9-13(12)14-6-2;1-2/h5-9,14H,2H2,1,3-4H3;1-2H3/b7-5+;. The Hall–Kier alpha value is -1.50. The molecular weight excluding hydrogens is 194 g/mol. The molecular formula is C15H23N. The summed E-state index contributed by atoms with van der Waals surface area (Å²) in [5, 5.41) is 3.14. The van der Waals surface area contributed by atoms with Gasteiger partial charge >= 0.3 is 0 Å². The molecule has 0 unspecified atom stereocenters. The largest absolute Gasteiger partial charge is 0.362 e. The first-order valence-corrected chi connectivity index (χ1v) is 5.80. The average molecular weight is 217 g/mol. The summed E-state index contributed by atoms with van der Waals surface area (Å²) < 4.78 is 0. The van der Waals surface area contributed by atoms with E-state index in [1.807, 2.05) is 26.8 Å². The van der Waals surface area contributed by atoms with E-state index in [4.69, 9.17) is 0 Å². The van der Waals surface area contributed by atoms with E-state index in [9.17, 15) is 0 Å². The minimum absolute atomic E-state index is 1.11.